The van der Waals surface area contributed by atoms with Crippen molar-refractivity contribution in [3.05, 3.63) is 0 Å². The largest absolute Gasteiger partial charge is 0.329 e. The van der Waals surface area contributed by atoms with Gasteiger partial charge in [0.15, 0.2) is 0 Å². The molecule has 2 nitrogen and oxygen atoms in total. The van der Waals surface area contributed by atoms with Gasteiger partial charge in [-0.2, -0.15) is 11.8 Å². The second kappa shape index (κ2) is 6.77. The Kier molecular flexibility index (Phi) is 6.02. The molecule has 0 saturated heterocycles. The summed E-state index contributed by atoms with van der Waals surface area (Å²) in [6.07, 6.45) is 7.62. The number of hydrogen-bond donors (Lipinski definition) is 1. The molecule has 0 aromatic heterocycles. The van der Waals surface area contributed by atoms with Crippen molar-refractivity contribution in [3.63, 3.8) is 0 Å². The van der Waals surface area contributed by atoms with Gasteiger partial charge in [0.05, 0.1) is 0 Å². The molecule has 0 amide bonds. The van der Waals surface area contributed by atoms with E-state index < -0.39 is 0 Å². The van der Waals surface area contributed by atoms with Gasteiger partial charge in [-0.05, 0) is 38.5 Å². The van der Waals surface area contributed by atoms with E-state index in [1.807, 2.05) is 11.8 Å². The van der Waals surface area contributed by atoms with Gasteiger partial charge in [0, 0.05) is 24.4 Å². The van der Waals surface area contributed by atoms with Crippen LogP contribution in [-0.2, 0) is 0 Å². The lowest BCUT2D eigenvalue weighted by molar-refractivity contribution is 0.0934. The molecule has 0 aliphatic heterocycles. The first-order valence-electron chi connectivity index (χ1n) is 6.15. The number of thioether (sulfide) groups is 1. The zero-order valence-corrected chi connectivity index (χ0v) is 11.2. The van der Waals surface area contributed by atoms with E-state index in [9.17, 15) is 0 Å². The molecule has 0 aromatic carbocycles. The van der Waals surface area contributed by atoms with E-state index in [-0.39, 0.29) is 0 Å². The fourth-order valence-corrected chi connectivity index (χ4v) is 3.36. The Morgan fingerprint density at radius 3 is 2.47 bits per heavy atom. The van der Waals surface area contributed by atoms with Crippen molar-refractivity contribution in [1.82, 2.24) is 4.90 Å². The van der Waals surface area contributed by atoms with Crippen molar-refractivity contribution in [2.45, 2.75) is 44.7 Å². The first-order chi connectivity index (χ1) is 7.24. The summed E-state index contributed by atoms with van der Waals surface area (Å²) >= 11 is 1.95. The minimum atomic E-state index is 0.621. The summed E-state index contributed by atoms with van der Waals surface area (Å²) in [6, 6.07) is 1.32. The predicted octanol–water partition coefficient (Wildman–Crippen LogP) is 2.19. The van der Waals surface area contributed by atoms with Crippen LogP contribution in [-0.4, -0.2) is 42.6 Å². The minimum Gasteiger partial charge on any atom is -0.329 e. The molecule has 1 saturated carbocycles. The highest BCUT2D eigenvalue weighted by Gasteiger charge is 2.31. The lowest BCUT2D eigenvalue weighted by atomic mass is 9.79. The lowest BCUT2D eigenvalue weighted by Gasteiger charge is -2.42. The van der Waals surface area contributed by atoms with Crippen LogP contribution < -0.4 is 5.73 Å². The molecule has 1 fully saturated rings. The van der Waals surface area contributed by atoms with Gasteiger partial charge in [-0.15, -0.1) is 0 Å². The summed E-state index contributed by atoms with van der Waals surface area (Å²) in [5.41, 5.74) is 5.92. The van der Waals surface area contributed by atoms with E-state index in [1.165, 1.54) is 31.4 Å². The molecule has 0 heterocycles. The second-order valence-corrected chi connectivity index (χ2v) is 5.59. The fraction of sp³-hybridized carbons (Fsp3) is 1.00. The van der Waals surface area contributed by atoms with Gasteiger partial charge in [-0.3, -0.25) is 4.90 Å². The Labute approximate surface area is 99.0 Å². The summed E-state index contributed by atoms with van der Waals surface area (Å²) in [5, 5.41) is 0. The van der Waals surface area contributed by atoms with E-state index in [0.29, 0.717) is 12.1 Å². The van der Waals surface area contributed by atoms with E-state index in [2.05, 4.69) is 25.1 Å². The molecule has 0 spiro atoms. The maximum absolute atomic E-state index is 5.92. The molecule has 15 heavy (non-hydrogen) atoms. The Morgan fingerprint density at radius 1 is 1.47 bits per heavy atom. The van der Waals surface area contributed by atoms with Gasteiger partial charge in [-0.1, -0.05) is 13.3 Å². The molecule has 3 heteroatoms. The maximum Gasteiger partial charge on any atom is 0.0246 e. The van der Waals surface area contributed by atoms with Crippen LogP contribution in [0.3, 0.4) is 0 Å². The van der Waals surface area contributed by atoms with Crippen molar-refractivity contribution >= 4 is 11.8 Å². The quantitative estimate of drug-likeness (QED) is 0.727. The average Bonchev–Trinajstić information content (AvgIpc) is 2.18. The Hall–Kier alpha value is 0.270. The molecule has 0 radical (unpaired) electrons. The third kappa shape index (κ3) is 3.36. The van der Waals surface area contributed by atoms with Crippen LogP contribution in [0.1, 0.15) is 32.6 Å². The molecular formula is C12H26N2S. The van der Waals surface area contributed by atoms with Crippen molar-refractivity contribution in [3.8, 4) is 0 Å². The summed E-state index contributed by atoms with van der Waals surface area (Å²) in [7, 11) is 2.26. The van der Waals surface area contributed by atoms with Gasteiger partial charge in [0.1, 0.15) is 0 Å². The minimum absolute atomic E-state index is 0.621. The first kappa shape index (κ1) is 13.3. The van der Waals surface area contributed by atoms with Crippen molar-refractivity contribution in [1.29, 1.82) is 0 Å². The molecule has 0 bridgehead atoms. The second-order valence-electron chi connectivity index (χ2n) is 4.68. The fourth-order valence-electron chi connectivity index (χ4n) is 2.50. The van der Waals surface area contributed by atoms with E-state index in [4.69, 9.17) is 5.73 Å². The number of nitrogens with zero attached hydrogens (tertiary/aromatic N) is 1. The normalized spacial score (nSPS) is 21.4. The van der Waals surface area contributed by atoms with Crippen LogP contribution in [0.15, 0.2) is 0 Å². The molecule has 1 aliphatic carbocycles. The summed E-state index contributed by atoms with van der Waals surface area (Å²) in [6.45, 7) is 3.11. The number of likely N-dealkylation sites (N-methyl/N-ethyl adjacent to an activating group) is 1. The standard InChI is InChI=1S/C12H26N2S/c1-4-11(9-15-3)14(2)12(8-13)10-6-5-7-10/h10-12H,4-9,13H2,1-3H3. The summed E-state index contributed by atoms with van der Waals surface area (Å²) in [5.74, 6) is 2.10. The highest BCUT2D eigenvalue weighted by molar-refractivity contribution is 7.98. The van der Waals surface area contributed by atoms with E-state index >= 15 is 0 Å². The van der Waals surface area contributed by atoms with Crippen LogP contribution in [0.5, 0.6) is 0 Å². The molecule has 90 valence electrons. The highest BCUT2D eigenvalue weighted by Crippen LogP contribution is 2.32. The SMILES string of the molecule is CCC(CSC)N(C)C(CN)C1CCC1. The maximum atomic E-state index is 5.92. The Balaban J connectivity index is 2.48. The molecule has 1 rings (SSSR count). The van der Waals surface area contributed by atoms with Crippen LogP contribution in [0.4, 0.5) is 0 Å². The number of rotatable bonds is 7. The number of hydrogen-bond acceptors (Lipinski definition) is 3. The van der Waals surface area contributed by atoms with Crippen molar-refractivity contribution in [2.75, 3.05) is 25.6 Å². The first-order valence-corrected chi connectivity index (χ1v) is 7.54. The zero-order valence-electron chi connectivity index (χ0n) is 10.4. The highest BCUT2D eigenvalue weighted by atomic mass is 32.2. The van der Waals surface area contributed by atoms with Gasteiger partial charge in [-0.25, -0.2) is 0 Å². The molecule has 2 N–H and O–H groups in total. The summed E-state index contributed by atoms with van der Waals surface area (Å²) < 4.78 is 0. The topological polar surface area (TPSA) is 29.3 Å². The van der Waals surface area contributed by atoms with E-state index in [0.717, 1.165) is 12.5 Å². The van der Waals surface area contributed by atoms with Crippen LogP contribution >= 0.6 is 11.8 Å². The molecule has 0 aromatic rings. The predicted molar refractivity (Wildman–Crippen MR) is 70.4 cm³/mol. The van der Waals surface area contributed by atoms with Crippen LogP contribution in [0.2, 0.25) is 0 Å². The van der Waals surface area contributed by atoms with Gasteiger partial charge < -0.3 is 5.73 Å². The third-order valence-electron chi connectivity index (χ3n) is 3.86. The average molecular weight is 230 g/mol. The monoisotopic (exact) mass is 230 g/mol. The smallest absolute Gasteiger partial charge is 0.0246 e. The molecular weight excluding hydrogens is 204 g/mol. The molecule has 2 atom stereocenters. The van der Waals surface area contributed by atoms with Gasteiger partial charge >= 0.3 is 0 Å². The van der Waals surface area contributed by atoms with Crippen molar-refractivity contribution in [2.24, 2.45) is 11.7 Å². The van der Waals surface area contributed by atoms with Gasteiger partial charge in [0.2, 0.25) is 0 Å². The summed E-state index contributed by atoms with van der Waals surface area (Å²) in [4.78, 5) is 2.54. The lowest BCUT2D eigenvalue weighted by Crippen LogP contribution is -2.50. The van der Waals surface area contributed by atoms with E-state index in [1.54, 1.807) is 0 Å². The number of nitrogens with two attached hydrogens (primary N) is 1. The van der Waals surface area contributed by atoms with Crippen LogP contribution in [0.25, 0.3) is 0 Å². The molecule has 2 unspecified atom stereocenters. The Morgan fingerprint density at radius 2 is 2.13 bits per heavy atom. The third-order valence-corrected chi connectivity index (χ3v) is 4.58. The van der Waals surface area contributed by atoms with Gasteiger partial charge in [0.25, 0.3) is 0 Å². The zero-order chi connectivity index (χ0) is 11.3. The Bertz CT molecular complexity index is 171. The van der Waals surface area contributed by atoms with Crippen molar-refractivity contribution < 1.29 is 0 Å². The van der Waals surface area contributed by atoms with Crippen LogP contribution in [0, 0.1) is 5.92 Å². The molecule has 1 aliphatic rings.